The highest BCUT2D eigenvalue weighted by Gasteiger charge is 2.25. The van der Waals surface area contributed by atoms with Crippen LogP contribution in [0.2, 0.25) is 0 Å². The first-order chi connectivity index (χ1) is 13.5. The van der Waals surface area contributed by atoms with Crippen LogP contribution in [0.25, 0.3) is 0 Å². The van der Waals surface area contributed by atoms with E-state index in [2.05, 4.69) is 29.8 Å². The number of nitrogens with one attached hydrogen (secondary N) is 3. The second-order valence-corrected chi connectivity index (χ2v) is 6.86. The molecule has 166 valence electrons. The third-order valence-corrected chi connectivity index (χ3v) is 4.88. The molecular formula is C21H37IN4O3. The lowest BCUT2D eigenvalue weighted by atomic mass is 9.79. The van der Waals surface area contributed by atoms with Gasteiger partial charge in [-0.25, -0.2) is 0 Å². The van der Waals surface area contributed by atoms with Crippen molar-refractivity contribution in [2.45, 2.75) is 47.0 Å². The number of anilines is 1. The number of guanidine groups is 1. The van der Waals surface area contributed by atoms with E-state index < -0.39 is 0 Å². The zero-order valence-corrected chi connectivity index (χ0v) is 20.4. The number of hydrogen-bond donors (Lipinski definition) is 4. The SMILES string of the molecule is CCNC(=NCC(CC)(CC)CCO)NCCOc1cccc(NC(C)=O)c1.I. The normalized spacial score (nSPS) is 11.4. The summed E-state index contributed by atoms with van der Waals surface area (Å²) in [6.45, 7) is 10.5. The Hall–Kier alpha value is -1.55. The van der Waals surface area contributed by atoms with Gasteiger partial charge in [-0.1, -0.05) is 19.9 Å². The molecule has 1 amide bonds. The first kappa shape index (κ1) is 27.5. The molecule has 7 nitrogen and oxygen atoms in total. The summed E-state index contributed by atoms with van der Waals surface area (Å²) in [5.74, 6) is 1.35. The van der Waals surface area contributed by atoms with Gasteiger partial charge in [0.2, 0.25) is 5.91 Å². The molecule has 0 unspecified atom stereocenters. The summed E-state index contributed by atoms with van der Waals surface area (Å²) in [5.41, 5.74) is 0.754. The molecule has 0 heterocycles. The summed E-state index contributed by atoms with van der Waals surface area (Å²) in [6.07, 6.45) is 2.73. The minimum absolute atomic E-state index is 0. The van der Waals surface area contributed by atoms with Crippen LogP contribution in [0.1, 0.15) is 47.0 Å². The zero-order chi connectivity index (χ0) is 20.8. The van der Waals surface area contributed by atoms with Gasteiger partial charge in [0.05, 0.1) is 6.54 Å². The molecule has 1 aromatic carbocycles. The number of hydrogen-bond acceptors (Lipinski definition) is 4. The summed E-state index contributed by atoms with van der Waals surface area (Å²) in [6, 6.07) is 7.32. The maximum Gasteiger partial charge on any atom is 0.221 e. The zero-order valence-electron chi connectivity index (χ0n) is 18.1. The van der Waals surface area contributed by atoms with Crippen molar-refractivity contribution >= 4 is 41.5 Å². The van der Waals surface area contributed by atoms with Gasteiger partial charge in [0.15, 0.2) is 5.96 Å². The quantitative estimate of drug-likeness (QED) is 0.147. The molecule has 29 heavy (non-hydrogen) atoms. The number of rotatable bonds is 12. The van der Waals surface area contributed by atoms with Crippen LogP contribution in [-0.4, -0.2) is 49.8 Å². The van der Waals surface area contributed by atoms with Crippen molar-refractivity contribution in [1.82, 2.24) is 10.6 Å². The number of carbonyl (C=O) groups is 1. The second kappa shape index (κ2) is 15.3. The average Bonchev–Trinajstić information content (AvgIpc) is 2.68. The Balaban J connectivity index is 0.00000784. The number of nitrogens with zero attached hydrogens (tertiary/aromatic N) is 1. The summed E-state index contributed by atoms with van der Waals surface area (Å²) < 4.78 is 5.75. The van der Waals surface area contributed by atoms with E-state index in [9.17, 15) is 9.90 Å². The Morgan fingerprint density at radius 2 is 1.93 bits per heavy atom. The Kier molecular flexibility index (Phi) is 14.5. The number of carbonyl (C=O) groups excluding carboxylic acids is 1. The monoisotopic (exact) mass is 520 g/mol. The Morgan fingerprint density at radius 3 is 2.52 bits per heavy atom. The number of amides is 1. The lowest BCUT2D eigenvalue weighted by Gasteiger charge is -2.29. The molecule has 1 rings (SSSR count). The second-order valence-electron chi connectivity index (χ2n) is 6.86. The molecule has 0 aromatic heterocycles. The van der Waals surface area contributed by atoms with Gasteiger partial charge in [0.25, 0.3) is 0 Å². The van der Waals surface area contributed by atoms with Crippen LogP contribution in [0.4, 0.5) is 5.69 Å². The lowest BCUT2D eigenvalue weighted by molar-refractivity contribution is -0.114. The fraction of sp³-hybridized carbons (Fsp3) is 0.619. The number of aliphatic hydroxyl groups excluding tert-OH is 1. The molecule has 0 aliphatic rings. The molecule has 1 aromatic rings. The molecule has 0 fully saturated rings. The van der Waals surface area contributed by atoms with Crippen LogP contribution < -0.4 is 20.7 Å². The highest BCUT2D eigenvalue weighted by Crippen LogP contribution is 2.30. The van der Waals surface area contributed by atoms with Crippen LogP contribution in [0, 0.1) is 5.41 Å². The van der Waals surface area contributed by atoms with Gasteiger partial charge in [0.1, 0.15) is 12.4 Å². The van der Waals surface area contributed by atoms with Gasteiger partial charge in [0, 0.05) is 38.4 Å². The van der Waals surface area contributed by atoms with E-state index in [0.717, 1.165) is 31.8 Å². The van der Waals surface area contributed by atoms with Crippen LogP contribution in [-0.2, 0) is 4.79 Å². The van der Waals surface area contributed by atoms with Crippen molar-refractivity contribution in [2.24, 2.45) is 10.4 Å². The van der Waals surface area contributed by atoms with Crippen molar-refractivity contribution in [3.05, 3.63) is 24.3 Å². The number of ether oxygens (including phenoxy) is 1. The Labute approximate surface area is 192 Å². The van der Waals surface area contributed by atoms with E-state index in [-0.39, 0.29) is 41.9 Å². The first-order valence-electron chi connectivity index (χ1n) is 10.1. The van der Waals surface area contributed by atoms with Crippen molar-refractivity contribution in [3.8, 4) is 5.75 Å². The summed E-state index contributed by atoms with van der Waals surface area (Å²) in [7, 11) is 0. The minimum Gasteiger partial charge on any atom is -0.492 e. The van der Waals surface area contributed by atoms with E-state index in [4.69, 9.17) is 9.73 Å². The molecule has 0 bridgehead atoms. The van der Waals surface area contributed by atoms with Crippen LogP contribution in [0.15, 0.2) is 29.3 Å². The Morgan fingerprint density at radius 1 is 1.21 bits per heavy atom. The van der Waals surface area contributed by atoms with Gasteiger partial charge < -0.3 is 25.8 Å². The largest absolute Gasteiger partial charge is 0.492 e. The number of benzene rings is 1. The van der Waals surface area contributed by atoms with Gasteiger partial charge in [-0.05, 0) is 43.7 Å². The van der Waals surface area contributed by atoms with Crippen molar-refractivity contribution in [3.63, 3.8) is 0 Å². The van der Waals surface area contributed by atoms with E-state index in [1.54, 1.807) is 6.07 Å². The molecular weight excluding hydrogens is 483 g/mol. The van der Waals surface area contributed by atoms with E-state index in [0.29, 0.717) is 31.1 Å². The summed E-state index contributed by atoms with van der Waals surface area (Å²) in [4.78, 5) is 15.9. The summed E-state index contributed by atoms with van der Waals surface area (Å²) >= 11 is 0. The number of aliphatic hydroxyl groups is 1. The predicted octanol–water partition coefficient (Wildman–Crippen LogP) is 3.39. The van der Waals surface area contributed by atoms with E-state index >= 15 is 0 Å². The van der Waals surface area contributed by atoms with Crippen molar-refractivity contribution in [2.75, 3.05) is 38.2 Å². The minimum atomic E-state index is -0.109. The van der Waals surface area contributed by atoms with E-state index in [1.165, 1.54) is 6.92 Å². The van der Waals surface area contributed by atoms with Crippen LogP contribution in [0.3, 0.4) is 0 Å². The summed E-state index contributed by atoms with van der Waals surface area (Å²) in [5, 5.41) is 18.6. The Bertz CT molecular complexity index is 622. The van der Waals surface area contributed by atoms with Gasteiger partial charge in [-0.3, -0.25) is 9.79 Å². The van der Waals surface area contributed by atoms with Gasteiger partial charge in [-0.2, -0.15) is 0 Å². The number of aliphatic imine (C=N–C) groups is 1. The van der Waals surface area contributed by atoms with Crippen LogP contribution in [0.5, 0.6) is 5.75 Å². The average molecular weight is 520 g/mol. The standard InChI is InChI=1S/C21H36N4O3.HI/c1-5-21(6-2,11-13-26)16-24-20(22-7-3)23-12-14-28-19-10-8-9-18(15-19)25-17(4)27;/h8-10,15,26H,5-7,11-14,16H2,1-4H3,(H,25,27)(H2,22,23,24);1H. The topological polar surface area (TPSA) is 95.0 Å². The maximum absolute atomic E-state index is 11.1. The van der Waals surface area contributed by atoms with Crippen LogP contribution >= 0.6 is 24.0 Å². The molecule has 0 radical (unpaired) electrons. The highest BCUT2D eigenvalue weighted by atomic mass is 127. The maximum atomic E-state index is 11.1. The van der Waals surface area contributed by atoms with E-state index in [1.807, 2.05) is 25.1 Å². The molecule has 0 aliphatic carbocycles. The van der Waals surface area contributed by atoms with Gasteiger partial charge >= 0.3 is 0 Å². The first-order valence-corrected chi connectivity index (χ1v) is 10.1. The molecule has 8 heteroatoms. The fourth-order valence-corrected chi connectivity index (χ4v) is 2.94. The smallest absolute Gasteiger partial charge is 0.221 e. The molecule has 0 spiro atoms. The predicted molar refractivity (Wildman–Crippen MR) is 130 cm³/mol. The van der Waals surface area contributed by atoms with Crippen molar-refractivity contribution in [1.29, 1.82) is 0 Å². The third-order valence-electron chi connectivity index (χ3n) is 4.88. The molecule has 0 atom stereocenters. The number of halogens is 1. The molecule has 0 saturated carbocycles. The highest BCUT2D eigenvalue weighted by molar-refractivity contribution is 14.0. The third kappa shape index (κ3) is 10.7. The van der Waals surface area contributed by atoms with Gasteiger partial charge in [-0.15, -0.1) is 24.0 Å². The fourth-order valence-electron chi connectivity index (χ4n) is 2.94. The molecule has 0 saturated heterocycles. The molecule has 4 N–H and O–H groups in total. The lowest BCUT2D eigenvalue weighted by Crippen LogP contribution is -2.40. The molecule has 0 aliphatic heterocycles. The van der Waals surface area contributed by atoms with Crippen molar-refractivity contribution < 1.29 is 14.6 Å².